The van der Waals surface area contributed by atoms with Gasteiger partial charge in [0.05, 0.1) is 0 Å². The fourth-order valence-electron chi connectivity index (χ4n) is 0.393. The van der Waals surface area contributed by atoms with Gasteiger partial charge in [0.2, 0.25) is 0 Å². The van der Waals surface area contributed by atoms with Crippen LogP contribution in [0.15, 0.2) is 24.3 Å². The molecule has 0 aliphatic heterocycles. The average molecular weight is 294 g/mol. The molecular weight excluding hydrogens is 288 g/mol. The molecule has 0 unspecified atom stereocenters. The maximum atomic E-state index is 2.12. The second-order valence-electron chi connectivity index (χ2n) is 1.09. The molecule has 0 aromatic carbocycles. The van der Waals surface area contributed by atoms with Crippen LogP contribution in [-0.2, 0) is 18.6 Å². The monoisotopic (exact) mass is 292 g/mol. The normalized spacial score (nSPS) is 8.00. The van der Waals surface area contributed by atoms with E-state index in [4.69, 9.17) is 0 Å². The summed E-state index contributed by atoms with van der Waals surface area (Å²) in [4.78, 5) is 0. The Morgan fingerprint density at radius 1 is 0.636 bits per heavy atom. The van der Waals surface area contributed by atoms with Crippen LogP contribution in [-0.4, -0.2) is 0 Å². The summed E-state index contributed by atoms with van der Waals surface area (Å²) >= 11 is 0. The summed E-state index contributed by atoms with van der Waals surface area (Å²) in [6.07, 6.45) is 9.50. The molecule has 0 aromatic heterocycles. The molecule has 6 heteroatoms. The SMILES string of the molecule is C1=CCC=C1.[Cl-].[Cl-].[Cl-].[Cl-].[Cl-].[V+5]. The van der Waals surface area contributed by atoms with Crippen LogP contribution in [0, 0.1) is 0 Å². The molecule has 11 heavy (non-hydrogen) atoms. The first-order valence-electron chi connectivity index (χ1n) is 1.82. The van der Waals surface area contributed by atoms with Crippen LogP contribution in [0.2, 0.25) is 0 Å². The Kier molecular flexibility index (Phi) is 107. The largest absolute Gasteiger partial charge is 5.00 e. The average Bonchev–Trinajstić information content (AvgIpc) is 1.76. The van der Waals surface area contributed by atoms with Crippen LogP contribution in [0.4, 0.5) is 0 Å². The Morgan fingerprint density at radius 2 is 0.909 bits per heavy atom. The summed E-state index contributed by atoms with van der Waals surface area (Å²) < 4.78 is 0. The predicted molar refractivity (Wildman–Crippen MR) is 22.9 cm³/mol. The third-order valence-electron chi connectivity index (χ3n) is 0.655. The second-order valence-corrected chi connectivity index (χ2v) is 1.09. The fourth-order valence-corrected chi connectivity index (χ4v) is 0.393. The number of halogens is 5. The van der Waals surface area contributed by atoms with Crippen molar-refractivity contribution in [2.75, 3.05) is 0 Å². The molecule has 0 atom stereocenters. The molecule has 66 valence electrons. The minimum absolute atomic E-state index is 0. The zero-order chi connectivity index (χ0) is 3.54. The van der Waals surface area contributed by atoms with Crippen LogP contribution in [0.25, 0.3) is 0 Å². The van der Waals surface area contributed by atoms with Gasteiger partial charge in [0, 0.05) is 0 Å². The zero-order valence-corrected chi connectivity index (χ0v) is 10.5. The molecular formula is C5H6Cl5V. The molecule has 0 saturated carbocycles. The summed E-state index contributed by atoms with van der Waals surface area (Å²) in [6, 6.07) is 0. The van der Waals surface area contributed by atoms with Gasteiger partial charge in [0.15, 0.2) is 0 Å². The van der Waals surface area contributed by atoms with Crippen molar-refractivity contribution in [3.8, 4) is 0 Å². The fraction of sp³-hybridized carbons (Fsp3) is 0.200. The molecule has 0 fully saturated rings. The Hall–Kier alpha value is 1.51. The summed E-state index contributed by atoms with van der Waals surface area (Å²) in [6.45, 7) is 0. The Bertz CT molecular complexity index is 72.9. The van der Waals surface area contributed by atoms with Gasteiger partial charge in [-0.25, -0.2) is 0 Å². The first kappa shape index (κ1) is 39.1. The number of hydrogen-bond acceptors (Lipinski definition) is 0. The van der Waals surface area contributed by atoms with Crippen LogP contribution < -0.4 is 62.0 Å². The van der Waals surface area contributed by atoms with Crippen LogP contribution in [0.3, 0.4) is 0 Å². The number of allylic oxidation sites excluding steroid dienone is 4. The first-order chi connectivity index (χ1) is 2.50. The van der Waals surface area contributed by atoms with Crippen molar-refractivity contribution in [2.45, 2.75) is 6.42 Å². The van der Waals surface area contributed by atoms with Gasteiger partial charge in [-0.1, -0.05) is 24.3 Å². The molecule has 0 saturated heterocycles. The van der Waals surface area contributed by atoms with Gasteiger partial charge >= 0.3 is 18.6 Å². The van der Waals surface area contributed by atoms with E-state index in [0.29, 0.717) is 0 Å². The van der Waals surface area contributed by atoms with Crippen molar-refractivity contribution >= 4 is 0 Å². The van der Waals surface area contributed by atoms with E-state index in [-0.39, 0.29) is 80.6 Å². The smallest absolute Gasteiger partial charge is 1.00 e. The summed E-state index contributed by atoms with van der Waals surface area (Å²) in [5, 5.41) is 0. The van der Waals surface area contributed by atoms with Crippen molar-refractivity contribution < 1.29 is 80.6 Å². The standard InChI is InChI=1S/C5H6.5ClH.V/c1-2-4-5-3-1;;;;;;/h1-4H,5H2;5*1H;/q;;;;;;+5/p-5. The van der Waals surface area contributed by atoms with Crippen molar-refractivity contribution in [3.05, 3.63) is 24.3 Å². The minimum atomic E-state index is 0. The van der Waals surface area contributed by atoms with E-state index in [1.165, 1.54) is 0 Å². The summed E-state index contributed by atoms with van der Waals surface area (Å²) in [5.41, 5.74) is 0. The molecule has 0 N–H and O–H groups in total. The van der Waals surface area contributed by atoms with E-state index in [0.717, 1.165) is 6.42 Å². The molecule has 0 radical (unpaired) electrons. The van der Waals surface area contributed by atoms with Crippen molar-refractivity contribution in [1.82, 2.24) is 0 Å². The van der Waals surface area contributed by atoms with Gasteiger partial charge in [0.1, 0.15) is 0 Å². The molecule has 1 aliphatic carbocycles. The third-order valence-corrected chi connectivity index (χ3v) is 0.655. The molecule has 0 heterocycles. The van der Waals surface area contributed by atoms with Crippen molar-refractivity contribution in [2.24, 2.45) is 0 Å². The maximum Gasteiger partial charge on any atom is 5.00 e. The predicted octanol–water partition coefficient (Wildman–Crippen LogP) is -13.5. The van der Waals surface area contributed by atoms with Crippen molar-refractivity contribution in [3.63, 3.8) is 0 Å². The van der Waals surface area contributed by atoms with E-state index >= 15 is 0 Å². The number of hydrogen-bond donors (Lipinski definition) is 0. The minimum Gasteiger partial charge on any atom is -1.00 e. The molecule has 0 spiro atoms. The van der Waals surface area contributed by atoms with E-state index < -0.39 is 0 Å². The molecule has 1 aliphatic rings. The van der Waals surface area contributed by atoms with E-state index in [1.807, 2.05) is 0 Å². The maximum absolute atomic E-state index is 2.12. The van der Waals surface area contributed by atoms with E-state index in [9.17, 15) is 0 Å². The Morgan fingerprint density at radius 3 is 1.00 bits per heavy atom. The van der Waals surface area contributed by atoms with Crippen LogP contribution in [0.5, 0.6) is 0 Å². The van der Waals surface area contributed by atoms with Crippen LogP contribution in [0.1, 0.15) is 6.42 Å². The third kappa shape index (κ3) is 24.6. The number of rotatable bonds is 0. The van der Waals surface area contributed by atoms with Gasteiger partial charge in [-0.2, -0.15) is 0 Å². The topological polar surface area (TPSA) is 0 Å². The molecule has 0 amide bonds. The summed E-state index contributed by atoms with van der Waals surface area (Å²) in [5.74, 6) is 0. The van der Waals surface area contributed by atoms with Gasteiger partial charge in [-0.05, 0) is 6.42 Å². The van der Waals surface area contributed by atoms with Gasteiger partial charge < -0.3 is 62.0 Å². The quantitative estimate of drug-likeness (QED) is 0.416. The van der Waals surface area contributed by atoms with Gasteiger partial charge in [0.25, 0.3) is 0 Å². The van der Waals surface area contributed by atoms with E-state index in [2.05, 4.69) is 24.3 Å². The molecule has 0 nitrogen and oxygen atoms in total. The van der Waals surface area contributed by atoms with E-state index in [1.54, 1.807) is 0 Å². The Labute approximate surface area is 111 Å². The molecule has 0 aromatic rings. The molecule has 1 rings (SSSR count). The van der Waals surface area contributed by atoms with Gasteiger partial charge in [-0.3, -0.25) is 0 Å². The zero-order valence-electron chi connectivity index (χ0n) is 5.35. The molecule has 0 bridgehead atoms. The van der Waals surface area contributed by atoms with Crippen molar-refractivity contribution in [1.29, 1.82) is 0 Å². The second kappa shape index (κ2) is 30.0. The van der Waals surface area contributed by atoms with Crippen LogP contribution >= 0.6 is 0 Å². The van der Waals surface area contributed by atoms with Gasteiger partial charge in [-0.15, -0.1) is 0 Å². The Balaban J connectivity index is -0.0000000104. The first-order valence-corrected chi connectivity index (χ1v) is 1.82. The summed E-state index contributed by atoms with van der Waals surface area (Å²) in [7, 11) is 0.